The average molecular weight is 482 g/mol. The molecular formula is C22H19N5O2S3. The smallest absolute Gasteiger partial charge is 0.260 e. The van der Waals surface area contributed by atoms with Gasteiger partial charge in [0.15, 0.2) is 11.0 Å². The Balaban J connectivity index is 1.45. The second-order valence-electron chi connectivity index (χ2n) is 7.08. The van der Waals surface area contributed by atoms with Crippen LogP contribution in [0, 0.1) is 0 Å². The summed E-state index contributed by atoms with van der Waals surface area (Å²) >= 11 is 4.60. The van der Waals surface area contributed by atoms with Crippen LogP contribution in [-0.4, -0.2) is 31.8 Å². The van der Waals surface area contributed by atoms with Crippen molar-refractivity contribution < 1.29 is 4.74 Å². The molecule has 32 heavy (non-hydrogen) atoms. The molecular weight excluding hydrogens is 462 g/mol. The van der Waals surface area contributed by atoms with Crippen LogP contribution in [0.3, 0.4) is 0 Å². The van der Waals surface area contributed by atoms with Crippen LogP contribution in [0.4, 0.5) is 0 Å². The van der Waals surface area contributed by atoms with Crippen molar-refractivity contribution in [1.29, 1.82) is 0 Å². The Morgan fingerprint density at radius 3 is 2.75 bits per heavy atom. The monoisotopic (exact) mass is 481 g/mol. The third kappa shape index (κ3) is 3.64. The summed E-state index contributed by atoms with van der Waals surface area (Å²) in [6.07, 6.45) is 0. The summed E-state index contributed by atoms with van der Waals surface area (Å²) in [5.41, 5.74) is 1.70. The first kappa shape index (κ1) is 20.9. The minimum absolute atomic E-state index is 0.116. The first-order valence-electron chi connectivity index (χ1n) is 9.81. The van der Waals surface area contributed by atoms with Crippen LogP contribution >= 0.6 is 34.4 Å². The molecule has 0 saturated heterocycles. The first-order chi connectivity index (χ1) is 15.6. The number of aromatic nitrogens is 5. The van der Waals surface area contributed by atoms with Gasteiger partial charge in [0, 0.05) is 22.9 Å². The van der Waals surface area contributed by atoms with Gasteiger partial charge in [-0.05, 0) is 30.5 Å². The number of ether oxygens (including phenoxy) is 1. The number of H-pyrrole nitrogens is 1. The van der Waals surface area contributed by atoms with Crippen LogP contribution in [0.2, 0.25) is 0 Å². The third-order valence-electron chi connectivity index (χ3n) is 5.10. The van der Waals surface area contributed by atoms with Crippen molar-refractivity contribution in [3.8, 4) is 27.6 Å². The van der Waals surface area contributed by atoms with Crippen LogP contribution in [0.25, 0.3) is 32.0 Å². The van der Waals surface area contributed by atoms with Gasteiger partial charge in [0.25, 0.3) is 5.56 Å². The molecule has 4 heterocycles. The highest BCUT2D eigenvalue weighted by Gasteiger charge is 2.21. The molecule has 0 bridgehead atoms. The van der Waals surface area contributed by atoms with E-state index in [1.54, 1.807) is 18.4 Å². The molecule has 5 rings (SSSR count). The number of benzene rings is 1. The molecule has 0 aliphatic rings. The van der Waals surface area contributed by atoms with E-state index >= 15 is 0 Å². The number of fused-ring (bicyclic) bond motifs is 1. The third-order valence-corrected chi connectivity index (χ3v) is 8.02. The summed E-state index contributed by atoms with van der Waals surface area (Å²) in [6.45, 7) is 2.00. The summed E-state index contributed by atoms with van der Waals surface area (Å²) in [5, 5.41) is 14.0. The second kappa shape index (κ2) is 8.53. The summed E-state index contributed by atoms with van der Waals surface area (Å²) in [7, 11) is 3.56. The molecule has 0 aliphatic heterocycles. The van der Waals surface area contributed by atoms with Gasteiger partial charge >= 0.3 is 0 Å². The van der Waals surface area contributed by atoms with E-state index < -0.39 is 0 Å². The molecule has 162 valence electrons. The second-order valence-corrected chi connectivity index (χ2v) is 10.2. The number of nitrogens with zero attached hydrogens (tertiary/aromatic N) is 4. The Bertz CT molecular complexity index is 1450. The van der Waals surface area contributed by atoms with E-state index in [0.717, 1.165) is 31.7 Å². The number of methoxy groups -OCH3 is 1. The van der Waals surface area contributed by atoms with E-state index in [4.69, 9.17) is 9.72 Å². The molecule has 10 heteroatoms. The predicted octanol–water partition coefficient (Wildman–Crippen LogP) is 5.37. The average Bonchev–Trinajstić information content (AvgIpc) is 3.54. The van der Waals surface area contributed by atoms with E-state index in [-0.39, 0.29) is 10.8 Å². The molecule has 5 aromatic rings. The number of hydrogen-bond donors (Lipinski definition) is 1. The maximum absolute atomic E-state index is 12.9. The Morgan fingerprint density at radius 1 is 1.12 bits per heavy atom. The molecule has 0 saturated carbocycles. The van der Waals surface area contributed by atoms with Crippen molar-refractivity contribution in [2.45, 2.75) is 17.3 Å². The molecule has 1 N–H and O–H groups in total. The fourth-order valence-corrected chi connectivity index (χ4v) is 6.11. The minimum Gasteiger partial charge on any atom is -0.496 e. The van der Waals surface area contributed by atoms with Crippen molar-refractivity contribution in [3.05, 3.63) is 63.3 Å². The lowest BCUT2D eigenvalue weighted by Crippen LogP contribution is -2.12. The van der Waals surface area contributed by atoms with E-state index in [2.05, 4.69) is 15.2 Å². The number of thioether (sulfide) groups is 1. The van der Waals surface area contributed by atoms with Crippen molar-refractivity contribution in [3.63, 3.8) is 0 Å². The summed E-state index contributed by atoms with van der Waals surface area (Å²) in [4.78, 5) is 22.5. The number of thiophene rings is 2. The number of nitrogens with one attached hydrogen (secondary N) is 1. The molecule has 0 aliphatic carbocycles. The number of rotatable bonds is 6. The highest BCUT2D eigenvalue weighted by molar-refractivity contribution is 7.99. The SMILES string of the molecule is COc1ccccc1-c1nnc(SC(C)c2nc3scc(-c4cccs4)c3c(=O)[nH]2)n1C. The zero-order valence-corrected chi connectivity index (χ0v) is 20.0. The Kier molecular flexibility index (Phi) is 5.58. The lowest BCUT2D eigenvalue weighted by atomic mass is 10.2. The van der Waals surface area contributed by atoms with Crippen LogP contribution < -0.4 is 10.3 Å². The molecule has 0 amide bonds. The van der Waals surface area contributed by atoms with E-state index in [0.29, 0.717) is 17.0 Å². The van der Waals surface area contributed by atoms with Gasteiger partial charge in [0.1, 0.15) is 16.4 Å². The van der Waals surface area contributed by atoms with Crippen molar-refractivity contribution >= 4 is 44.7 Å². The van der Waals surface area contributed by atoms with Gasteiger partial charge in [0.05, 0.1) is 23.3 Å². The predicted molar refractivity (Wildman–Crippen MR) is 131 cm³/mol. The van der Waals surface area contributed by atoms with Crippen LogP contribution in [0.1, 0.15) is 18.0 Å². The topological polar surface area (TPSA) is 85.7 Å². The van der Waals surface area contributed by atoms with Crippen LogP contribution in [-0.2, 0) is 7.05 Å². The van der Waals surface area contributed by atoms with Gasteiger partial charge in [-0.15, -0.1) is 32.9 Å². The quantitative estimate of drug-likeness (QED) is 0.328. The largest absolute Gasteiger partial charge is 0.496 e. The zero-order chi connectivity index (χ0) is 22.2. The van der Waals surface area contributed by atoms with Crippen LogP contribution in [0.15, 0.2) is 57.1 Å². The number of aromatic amines is 1. The zero-order valence-electron chi connectivity index (χ0n) is 17.5. The maximum atomic E-state index is 12.9. The molecule has 1 aromatic carbocycles. The van der Waals surface area contributed by atoms with Crippen LogP contribution in [0.5, 0.6) is 5.75 Å². The standard InChI is InChI=1S/C22H19N5O2S3/c1-12(32-22-26-25-19(27(22)2)13-7-4-5-8-15(13)29-3)18-23-20(28)17-14(11-31-21(17)24-18)16-9-6-10-30-16/h4-12H,1-3H3,(H,23,24,28). The van der Waals surface area contributed by atoms with Crippen molar-refractivity contribution in [2.24, 2.45) is 7.05 Å². The number of hydrogen-bond acceptors (Lipinski definition) is 8. The lowest BCUT2D eigenvalue weighted by Gasteiger charge is -2.11. The van der Waals surface area contributed by atoms with Gasteiger partial charge < -0.3 is 14.3 Å². The Morgan fingerprint density at radius 2 is 1.97 bits per heavy atom. The maximum Gasteiger partial charge on any atom is 0.260 e. The van der Waals surface area contributed by atoms with Gasteiger partial charge in [-0.25, -0.2) is 4.98 Å². The van der Waals surface area contributed by atoms with E-state index in [1.807, 2.05) is 65.7 Å². The van der Waals surface area contributed by atoms with Gasteiger partial charge in [-0.2, -0.15) is 0 Å². The molecule has 4 aromatic heterocycles. The lowest BCUT2D eigenvalue weighted by molar-refractivity contribution is 0.416. The Hall–Kier alpha value is -2.95. The van der Waals surface area contributed by atoms with Crippen molar-refractivity contribution in [2.75, 3.05) is 7.11 Å². The van der Waals surface area contributed by atoms with Gasteiger partial charge in [0.2, 0.25) is 0 Å². The fraction of sp³-hybridized carbons (Fsp3) is 0.182. The summed E-state index contributed by atoms with van der Waals surface area (Å²) in [6, 6.07) is 11.7. The normalized spacial score (nSPS) is 12.3. The van der Waals surface area contributed by atoms with Crippen molar-refractivity contribution in [1.82, 2.24) is 24.7 Å². The fourth-order valence-electron chi connectivity index (χ4n) is 3.47. The summed E-state index contributed by atoms with van der Waals surface area (Å²) < 4.78 is 7.39. The number of para-hydroxylation sites is 1. The molecule has 7 nitrogen and oxygen atoms in total. The molecule has 1 unspecified atom stereocenters. The molecule has 0 spiro atoms. The molecule has 0 fully saturated rings. The van der Waals surface area contributed by atoms with E-state index in [9.17, 15) is 4.79 Å². The minimum atomic E-state index is -0.118. The highest BCUT2D eigenvalue weighted by atomic mass is 32.2. The molecule has 0 radical (unpaired) electrons. The highest BCUT2D eigenvalue weighted by Crippen LogP contribution is 2.37. The van der Waals surface area contributed by atoms with Gasteiger partial charge in [-0.1, -0.05) is 30.0 Å². The molecule has 1 atom stereocenters. The summed E-state index contributed by atoms with van der Waals surface area (Å²) in [5.74, 6) is 2.07. The van der Waals surface area contributed by atoms with E-state index in [1.165, 1.54) is 23.1 Å². The Labute approximate surface area is 196 Å². The first-order valence-corrected chi connectivity index (χ1v) is 12.5. The van der Waals surface area contributed by atoms with Gasteiger partial charge in [-0.3, -0.25) is 4.79 Å².